The molecule has 0 aliphatic carbocycles. The summed E-state index contributed by atoms with van der Waals surface area (Å²) in [6.45, 7) is 8.72. The lowest BCUT2D eigenvalue weighted by Gasteiger charge is -2.15. The van der Waals surface area contributed by atoms with Gasteiger partial charge in [0.05, 0.1) is 11.8 Å². The molecular weight excluding hydrogens is 240 g/mol. The Morgan fingerprint density at radius 1 is 1.21 bits per heavy atom. The molecule has 0 spiro atoms. The van der Waals surface area contributed by atoms with E-state index in [1.165, 1.54) is 0 Å². The molecule has 1 rings (SSSR count). The fourth-order valence-electron chi connectivity index (χ4n) is 1.61. The minimum Gasteiger partial charge on any atom is -0.489 e. The third-order valence-electron chi connectivity index (χ3n) is 2.43. The average Bonchev–Trinajstić information content (AvgIpc) is 2.30. The summed E-state index contributed by atoms with van der Waals surface area (Å²) in [5, 5.41) is 6.10. The van der Waals surface area contributed by atoms with Crippen LogP contribution in [0, 0.1) is 0 Å². The van der Waals surface area contributed by atoms with Gasteiger partial charge in [-0.25, -0.2) is 0 Å². The van der Waals surface area contributed by atoms with Gasteiger partial charge in [-0.05, 0) is 26.0 Å². The standard InChI is InChI=1S/C15H24N2O2/c1-11(2)16-10-9-15(18)17-13-7-5-6-8-14(13)19-12(3)4/h5-8,11-12,16H,9-10H2,1-4H3,(H,17,18). The molecule has 0 heterocycles. The summed E-state index contributed by atoms with van der Waals surface area (Å²) in [5.74, 6) is 0.704. The molecule has 0 unspecified atom stereocenters. The normalized spacial score (nSPS) is 10.8. The first-order chi connectivity index (χ1) is 8.99. The van der Waals surface area contributed by atoms with E-state index in [4.69, 9.17) is 4.74 Å². The van der Waals surface area contributed by atoms with Gasteiger partial charge in [0.25, 0.3) is 0 Å². The van der Waals surface area contributed by atoms with E-state index in [0.717, 1.165) is 5.69 Å². The predicted molar refractivity (Wildman–Crippen MR) is 78.6 cm³/mol. The Labute approximate surface area is 115 Å². The van der Waals surface area contributed by atoms with Gasteiger partial charge in [-0.3, -0.25) is 4.79 Å². The second-order valence-electron chi connectivity index (χ2n) is 5.07. The molecule has 106 valence electrons. The summed E-state index contributed by atoms with van der Waals surface area (Å²) >= 11 is 0. The van der Waals surface area contributed by atoms with Crippen molar-refractivity contribution in [1.82, 2.24) is 5.32 Å². The highest BCUT2D eigenvalue weighted by atomic mass is 16.5. The van der Waals surface area contributed by atoms with Crippen LogP contribution in [0.15, 0.2) is 24.3 Å². The number of amides is 1. The number of ether oxygens (including phenoxy) is 1. The van der Waals surface area contributed by atoms with Crippen LogP contribution in [0.2, 0.25) is 0 Å². The molecule has 0 bridgehead atoms. The van der Waals surface area contributed by atoms with Crippen LogP contribution in [0.3, 0.4) is 0 Å². The van der Waals surface area contributed by atoms with Crippen molar-refractivity contribution in [2.45, 2.75) is 46.3 Å². The molecule has 1 amide bonds. The lowest BCUT2D eigenvalue weighted by atomic mass is 10.2. The van der Waals surface area contributed by atoms with Gasteiger partial charge < -0.3 is 15.4 Å². The second kappa shape index (κ2) is 7.79. The van der Waals surface area contributed by atoms with E-state index in [1.54, 1.807) is 0 Å². The Morgan fingerprint density at radius 2 is 1.89 bits per heavy atom. The van der Waals surface area contributed by atoms with Gasteiger partial charge in [0, 0.05) is 19.0 Å². The zero-order valence-corrected chi connectivity index (χ0v) is 12.2. The van der Waals surface area contributed by atoms with Crippen LogP contribution in [0.4, 0.5) is 5.69 Å². The Hall–Kier alpha value is -1.55. The Balaban J connectivity index is 2.53. The molecule has 0 aromatic heterocycles. The van der Waals surface area contributed by atoms with Crippen molar-refractivity contribution in [3.63, 3.8) is 0 Å². The highest BCUT2D eigenvalue weighted by Crippen LogP contribution is 2.24. The van der Waals surface area contributed by atoms with Crippen LogP contribution >= 0.6 is 0 Å². The molecule has 0 aliphatic heterocycles. The highest BCUT2D eigenvalue weighted by Gasteiger charge is 2.08. The van der Waals surface area contributed by atoms with Crippen LogP contribution in [-0.4, -0.2) is 24.6 Å². The lowest BCUT2D eigenvalue weighted by molar-refractivity contribution is -0.116. The van der Waals surface area contributed by atoms with E-state index in [0.29, 0.717) is 24.8 Å². The molecule has 2 N–H and O–H groups in total. The maximum atomic E-state index is 11.8. The Bertz CT molecular complexity index is 403. The predicted octanol–water partition coefficient (Wildman–Crippen LogP) is 2.80. The summed E-state index contributed by atoms with van der Waals surface area (Å²) in [7, 11) is 0. The van der Waals surface area contributed by atoms with Crippen molar-refractivity contribution in [2.75, 3.05) is 11.9 Å². The number of para-hydroxylation sites is 2. The maximum absolute atomic E-state index is 11.8. The van der Waals surface area contributed by atoms with E-state index < -0.39 is 0 Å². The Kier molecular flexibility index (Phi) is 6.36. The minimum absolute atomic E-state index is 0.00652. The molecule has 0 radical (unpaired) electrons. The first kappa shape index (κ1) is 15.5. The topological polar surface area (TPSA) is 50.4 Å². The summed E-state index contributed by atoms with van der Waals surface area (Å²) in [6.07, 6.45) is 0.537. The molecule has 4 nitrogen and oxygen atoms in total. The SMILES string of the molecule is CC(C)NCCC(=O)Nc1ccccc1OC(C)C. The number of rotatable bonds is 7. The number of nitrogens with one attached hydrogen (secondary N) is 2. The van der Waals surface area contributed by atoms with Crippen LogP contribution in [-0.2, 0) is 4.79 Å². The number of hydrogen-bond donors (Lipinski definition) is 2. The summed E-state index contributed by atoms with van der Waals surface area (Å²) in [4.78, 5) is 11.8. The lowest BCUT2D eigenvalue weighted by Crippen LogP contribution is -2.27. The molecule has 0 atom stereocenters. The van der Waals surface area contributed by atoms with Crippen molar-refractivity contribution in [1.29, 1.82) is 0 Å². The molecule has 19 heavy (non-hydrogen) atoms. The zero-order chi connectivity index (χ0) is 14.3. The van der Waals surface area contributed by atoms with Crippen LogP contribution in [0.25, 0.3) is 0 Å². The van der Waals surface area contributed by atoms with Gasteiger partial charge in [0.15, 0.2) is 0 Å². The van der Waals surface area contributed by atoms with E-state index in [-0.39, 0.29) is 12.0 Å². The number of anilines is 1. The fraction of sp³-hybridized carbons (Fsp3) is 0.533. The van der Waals surface area contributed by atoms with Crippen molar-refractivity contribution < 1.29 is 9.53 Å². The monoisotopic (exact) mass is 264 g/mol. The number of hydrogen-bond acceptors (Lipinski definition) is 3. The quantitative estimate of drug-likeness (QED) is 0.796. The Morgan fingerprint density at radius 3 is 2.53 bits per heavy atom. The van der Waals surface area contributed by atoms with Gasteiger partial charge in [0.1, 0.15) is 5.75 Å². The number of benzene rings is 1. The zero-order valence-electron chi connectivity index (χ0n) is 12.2. The molecular formula is C15H24N2O2. The van der Waals surface area contributed by atoms with Crippen molar-refractivity contribution >= 4 is 11.6 Å². The van der Waals surface area contributed by atoms with Gasteiger partial charge in [-0.1, -0.05) is 26.0 Å². The van der Waals surface area contributed by atoms with Crippen LogP contribution < -0.4 is 15.4 Å². The summed E-state index contributed by atoms with van der Waals surface area (Å²) in [5.41, 5.74) is 0.728. The summed E-state index contributed by atoms with van der Waals surface area (Å²) < 4.78 is 5.66. The maximum Gasteiger partial charge on any atom is 0.225 e. The van der Waals surface area contributed by atoms with Gasteiger partial charge >= 0.3 is 0 Å². The van der Waals surface area contributed by atoms with Gasteiger partial charge in [-0.15, -0.1) is 0 Å². The minimum atomic E-state index is -0.00652. The molecule has 1 aromatic carbocycles. The molecule has 1 aromatic rings. The van der Waals surface area contributed by atoms with Crippen molar-refractivity contribution in [2.24, 2.45) is 0 Å². The molecule has 0 aliphatic rings. The molecule has 0 fully saturated rings. The third kappa shape index (κ3) is 6.25. The summed E-state index contributed by atoms with van der Waals surface area (Å²) in [6, 6.07) is 7.89. The fourth-order valence-corrected chi connectivity index (χ4v) is 1.61. The molecule has 0 saturated carbocycles. The van der Waals surface area contributed by atoms with Crippen LogP contribution in [0.5, 0.6) is 5.75 Å². The van der Waals surface area contributed by atoms with E-state index >= 15 is 0 Å². The average molecular weight is 264 g/mol. The highest BCUT2D eigenvalue weighted by molar-refractivity contribution is 5.92. The van der Waals surface area contributed by atoms with E-state index in [1.807, 2.05) is 38.1 Å². The first-order valence-corrected chi connectivity index (χ1v) is 6.78. The van der Waals surface area contributed by atoms with Gasteiger partial charge in [0.2, 0.25) is 5.91 Å². The van der Waals surface area contributed by atoms with Crippen molar-refractivity contribution in [3.05, 3.63) is 24.3 Å². The largest absolute Gasteiger partial charge is 0.489 e. The second-order valence-corrected chi connectivity index (χ2v) is 5.07. The first-order valence-electron chi connectivity index (χ1n) is 6.78. The third-order valence-corrected chi connectivity index (χ3v) is 2.43. The number of carbonyl (C=O) groups excluding carboxylic acids is 1. The van der Waals surface area contributed by atoms with Gasteiger partial charge in [-0.2, -0.15) is 0 Å². The molecule has 0 saturated heterocycles. The van der Waals surface area contributed by atoms with E-state index in [2.05, 4.69) is 24.5 Å². The number of carbonyl (C=O) groups is 1. The van der Waals surface area contributed by atoms with Crippen LogP contribution in [0.1, 0.15) is 34.1 Å². The van der Waals surface area contributed by atoms with Crippen molar-refractivity contribution in [3.8, 4) is 5.75 Å². The van der Waals surface area contributed by atoms with E-state index in [9.17, 15) is 4.79 Å². The smallest absolute Gasteiger partial charge is 0.225 e. The molecule has 4 heteroatoms.